The van der Waals surface area contributed by atoms with E-state index >= 15 is 0 Å². The summed E-state index contributed by atoms with van der Waals surface area (Å²) in [5.74, 6) is -0.262. The number of allylic oxidation sites excluding steroid dienone is 1. The molecule has 0 unspecified atom stereocenters. The van der Waals surface area contributed by atoms with E-state index in [9.17, 15) is 9.59 Å². The van der Waals surface area contributed by atoms with E-state index in [0.717, 1.165) is 0 Å². The van der Waals surface area contributed by atoms with Gasteiger partial charge in [-0.3, -0.25) is 14.7 Å². The summed E-state index contributed by atoms with van der Waals surface area (Å²) in [5, 5.41) is 0. The maximum atomic E-state index is 11.6. The largest absolute Gasteiger partial charge is 0.449 e. The summed E-state index contributed by atoms with van der Waals surface area (Å²) in [6, 6.07) is 5.06. The van der Waals surface area contributed by atoms with Crippen molar-refractivity contribution in [3.63, 3.8) is 0 Å². The van der Waals surface area contributed by atoms with E-state index in [4.69, 9.17) is 4.74 Å². The molecule has 5 heteroatoms. The molecule has 17 heavy (non-hydrogen) atoms. The van der Waals surface area contributed by atoms with Crippen LogP contribution in [-0.2, 0) is 4.74 Å². The van der Waals surface area contributed by atoms with Gasteiger partial charge in [0.2, 0.25) is 5.78 Å². The van der Waals surface area contributed by atoms with Crippen LogP contribution in [0.4, 0.5) is 4.79 Å². The van der Waals surface area contributed by atoms with Gasteiger partial charge in [-0.2, -0.15) is 0 Å². The molecule has 5 nitrogen and oxygen atoms in total. The van der Waals surface area contributed by atoms with Crippen LogP contribution in [0.2, 0.25) is 0 Å². The number of ketones is 1. The minimum absolute atomic E-state index is 0.262. The smallest absolute Gasteiger partial charge is 0.413 e. The van der Waals surface area contributed by atoms with Crippen LogP contribution in [0, 0.1) is 0 Å². The first-order valence-electron chi connectivity index (χ1n) is 5.18. The topological polar surface area (TPSA) is 59.5 Å². The molecule has 0 spiro atoms. The molecule has 0 bridgehead atoms. The number of aromatic nitrogens is 1. The van der Waals surface area contributed by atoms with Gasteiger partial charge in [0.05, 0.1) is 6.61 Å². The van der Waals surface area contributed by atoms with E-state index in [1.54, 1.807) is 25.1 Å². The van der Waals surface area contributed by atoms with Gasteiger partial charge in [-0.1, -0.05) is 6.07 Å². The second-order valence-corrected chi connectivity index (χ2v) is 3.20. The number of rotatable bonds is 4. The molecule has 1 heterocycles. The molecule has 0 N–H and O–H groups in total. The fourth-order valence-electron chi connectivity index (χ4n) is 1.06. The van der Waals surface area contributed by atoms with Crippen molar-refractivity contribution in [3.05, 3.63) is 42.4 Å². The van der Waals surface area contributed by atoms with Gasteiger partial charge in [0.25, 0.3) is 0 Å². The van der Waals surface area contributed by atoms with E-state index in [1.165, 1.54) is 30.4 Å². The highest BCUT2D eigenvalue weighted by molar-refractivity contribution is 6.03. The molecule has 1 rings (SSSR count). The maximum Gasteiger partial charge on any atom is 0.413 e. The van der Waals surface area contributed by atoms with Crippen molar-refractivity contribution in [2.75, 3.05) is 13.7 Å². The van der Waals surface area contributed by atoms with Crippen molar-refractivity contribution in [2.24, 2.45) is 0 Å². The summed E-state index contributed by atoms with van der Waals surface area (Å²) >= 11 is 0. The van der Waals surface area contributed by atoms with Crippen LogP contribution in [0.5, 0.6) is 0 Å². The lowest BCUT2D eigenvalue weighted by atomic mass is 10.2. The zero-order valence-electron chi connectivity index (χ0n) is 9.79. The molecule has 1 amide bonds. The number of pyridine rings is 1. The van der Waals surface area contributed by atoms with Crippen molar-refractivity contribution in [1.29, 1.82) is 0 Å². The van der Waals surface area contributed by atoms with Gasteiger partial charge < -0.3 is 4.74 Å². The maximum absolute atomic E-state index is 11.6. The number of hydrogen-bond acceptors (Lipinski definition) is 4. The van der Waals surface area contributed by atoms with Crippen molar-refractivity contribution >= 4 is 11.9 Å². The van der Waals surface area contributed by atoms with E-state index in [-0.39, 0.29) is 5.78 Å². The molecule has 0 fully saturated rings. The van der Waals surface area contributed by atoms with Crippen molar-refractivity contribution in [2.45, 2.75) is 6.92 Å². The lowest BCUT2D eigenvalue weighted by Gasteiger charge is -2.10. The van der Waals surface area contributed by atoms with Crippen LogP contribution in [0.25, 0.3) is 0 Å². The summed E-state index contributed by atoms with van der Waals surface area (Å²) < 4.78 is 4.75. The molecular formula is C12H14N2O3. The summed E-state index contributed by atoms with van der Waals surface area (Å²) in [7, 11) is 1.51. The van der Waals surface area contributed by atoms with Gasteiger partial charge >= 0.3 is 6.09 Å². The Hall–Kier alpha value is -2.17. The summed E-state index contributed by atoms with van der Waals surface area (Å²) in [6.45, 7) is 2.01. The third-order valence-electron chi connectivity index (χ3n) is 1.92. The van der Waals surface area contributed by atoms with Crippen LogP contribution >= 0.6 is 0 Å². The van der Waals surface area contributed by atoms with E-state index in [2.05, 4.69) is 4.98 Å². The molecule has 1 aromatic heterocycles. The monoisotopic (exact) mass is 234 g/mol. The fourth-order valence-corrected chi connectivity index (χ4v) is 1.06. The van der Waals surface area contributed by atoms with Gasteiger partial charge in [-0.15, -0.1) is 0 Å². The predicted octanol–water partition coefficient (Wildman–Crippen LogP) is 1.87. The predicted molar refractivity (Wildman–Crippen MR) is 62.5 cm³/mol. The van der Waals surface area contributed by atoms with Gasteiger partial charge in [-0.05, 0) is 19.1 Å². The number of carbonyl (C=O) groups excluding carboxylic acids is 2. The van der Waals surface area contributed by atoms with Crippen molar-refractivity contribution < 1.29 is 14.3 Å². The molecule has 0 saturated heterocycles. The Morgan fingerprint density at radius 3 is 2.82 bits per heavy atom. The fraction of sp³-hybridized carbons (Fsp3) is 0.250. The van der Waals surface area contributed by atoms with Crippen LogP contribution in [0.1, 0.15) is 17.4 Å². The summed E-state index contributed by atoms with van der Waals surface area (Å²) in [5.41, 5.74) is 0.334. The zero-order chi connectivity index (χ0) is 12.7. The van der Waals surface area contributed by atoms with Crippen LogP contribution in [-0.4, -0.2) is 35.4 Å². The first kappa shape index (κ1) is 12.9. The average molecular weight is 234 g/mol. The third-order valence-corrected chi connectivity index (χ3v) is 1.92. The Bertz CT molecular complexity index is 415. The molecule has 0 aliphatic rings. The van der Waals surface area contributed by atoms with Crippen LogP contribution in [0.15, 0.2) is 36.7 Å². The Morgan fingerprint density at radius 1 is 1.47 bits per heavy atom. The quantitative estimate of drug-likeness (QED) is 0.589. The highest BCUT2D eigenvalue weighted by Crippen LogP contribution is 1.98. The highest BCUT2D eigenvalue weighted by Gasteiger charge is 2.07. The van der Waals surface area contributed by atoms with Gasteiger partial charge in [0.1, 0.15) is 5.69 Å². The summed E-state index contributed by atoms with van der Waals surface area (Å²) in [6.07, 6.45) is 3.67. The standard InChI is InChI=1S/C12H14N2O3/c1-3-17-12(16)14(2)9-7-11(15)10-6-4-5-8-13-10/h4-9H,3H2,1-2H3. The molecule has 0 aliphatic carbocycles. The highest BCUT2D eigenvalue weighted by atomic mass is 16.5. The number of amides is 1. The average Bonchev–Trinajstić information content (AvgIpc) is 2.36. The first-order chi connectivity index (χ1) is 8.15. The van der Waals surface area contributed by atoms with Gasteiger partial charge in [-0.25, -0.2) is 4.79 Å². The lowest BCUT2D eigenvalue weighted by molar-refractivity contribution is 0.104. The number of ether oxygens (including phenoxy) is 1. The lowest BCUT2D eigenvalue weighted by Crippen LogP contribution is -2.22. The van der Waals surface area contributed by atoms with Gasteiger partial charge in [0, 0.05) is 25.5 Å². The SMILES string of the molecule is CCOC(=O)N(C)C=CC(=O)c1ccccn1. The van der Waals surface area contributed by atoms with E-state index < -0.39 is 6.09 Å². The Labute approximate surface area is 99.7 Å². The number of hydrogen-bond donors (Lipinski definition) is 0. The molecule has 0 aliphatic heterocycles. The number of nitrogens with zero attached hydrogens (tertiary/aromatic N) is 2. The van der Waals surface area contributed by atoms with E-state index in [0.29, 0.717) is 12.3 Å². The molecule has 0 aromatic carbocycles. The third kappa shape index (κ3) is 4.06. The number of carbonyl (C=O) groups is 2. The van der Waals surface area contributed by atoms with Crippen LogP contribution in [0.3, 0.4) is 0 Å². The minimum atomic E-state index is -0.502. The molecule has 90 valence electrons. The van der Waals surface area contributed by atoms with Crippen molar-refractivity contribution in [3.8, 4) is 0 Å². The zero-order valence-corrected chi connectivity index (χ0v) is 9.79. The van der Waals surface area contributed by atoms with Crippen molar-refractivity contribution in [1.82, 2.24) is 9.88 Å². The normalized spacial score (nSPS) is 10.2. The van der Waals surface area contributed by atoms with Gasteiger partial charge in [0.15, 0.2) is 0 Å². The summed E-state index contributed by atoms with van der Waals surface area (Å²) in [4.78, 5) is 27.9. The molecule has 0 radical (unpaired) electrons. The van der Waals surface area contributed by atoms with E-state index in [1.807, 2.05) is 0 Å². The first-order valence-corrected chi connectivity index (χ1v) is 5.18. The van der Waals surface area contributed by atoms with Crippen LogP contribution < -0.4 is 0 Å². The Kier molecular flexibility index (Phi) is 4.87. The Morgan fingerprint density at radius 2 is 2.24 bits per heavy atom. The second kappa shape index (κ2) is 6.42. The molecule has 1 aromatic rings. The molecule has 0 saturated carbocycles. The Balaban J connectivity index is 2.60. The molecule has 0 atom stereocenters. The minimum Gasteiger partial charge on any atom is -0.449 e. The second-order valence-electron chi connectivity index (χ2n) is 3.20. The molecular weight excluding hydrogens is 220 g/mol.